The molecule has 3 aromatic rings. The van der Waals surface area contributed by atoms with E-state index in [4.69, 9.17) is 10.1 Å². The van der Waals surface area contributed by atoms with Crippen LogP contribution < -0.4 is 10.1 Å². The molecular formula is C34H44FN7O. The fourth-order valence-electron chi connectivity index (χ4n) is 5.42. The van der Waals surface area contributed by atoms with Crippen molar-refractivity contribution in [2.24, 2.45) is 0 Å². The summed E-state index contributed by atoms with van der Waals surface area (Å²) >= 11 is 0. The monoisotopic (exact) mass is 585 g/mol. The fraction of sp³-hybridized carbons (Fsp3) is 0.441. The van der Waals surface area contributed by atoms with E-state index in [2.05, 4.69) is 38.4 Å². The van der Waals surface area contributed by atoms with E-state index in [9.17, 15) is 9.65 Å². The van der Waals surface area contributed by atoms with Gasteiger partial charge in [0.15, 0.2) is 6.19 Å². The predicted octanol–water partition coefficient (Wildman–Crippen LogP) is 5.44. The molecule has 9 heteroatoms. The first kappa shape index (κ1) is 31.9. The van der Waals surface area contributed by atoms with Crippen molar-refractivity contribution < 1.29 is 9.13 Å². The number of guanidine groups is 1. The lowest BCUT2D eigenvalue weighted by atomic mass is 9.92. The van der Waals surface area contributed by atoms with Crippen molar-refractivity contribution in [3.05, 3.63) is 95.6 Å². The van der Waals surface area contributed by atoms with Gasteiger partial charge in [-0.1, -0.05) is 36.8 Å². The lowest BCUT2D eigenvalue weighted by Crippen LogP contribution is -2.41. The summed E-state index contributed by atoms with van der Waals surface area (Å²) in [6, 6.07) is 20.8. The quantitative estimate of drug-likeness (QED) is 0.0807. The largest absolute Gasteiger partial charge is 0.494 e. The zero-order valence-corrected chi connectivity index (χ0v) is 25.2. The van der Waals surface area contributed by atoms with Crippen LogP contribution in [0.5, 0.6) is 5.75 Å². The number of piperidine rings is 1. The topological polar surface area (TPSA) is 91.5 Å². The molecule has 1 aliphatic heterocycles. The number of aromatic nitrogens is 1. The second-order valence-electron chi connectivity index (χ2n) is 11.2. The standard InChI is InChI=1S/C34H44FN7O/c1-40(22-16-32(33-11-3-4-17-38-33)29-12-14-30(35)15-13-29)23-18-39-34(37)42(27-36)21-8-24-43-31-10-7-9-28(25-31)26-41-19-5-2-6-20-41/h3-4,7,9-15,17,25,32H,2,5-6,8,16,18-24,26H2,1H3,(H2,37,39). The second-order valence-corrected chi connectivity index (χ2v) is 11.2. The maximum atomic E-state index is 13.5. The number of pyridine rings is 1. The van der Waals surface area contributed by atoms with E-state index in [0.29, 0.717) is 32.7 Å². The first-order valence-corrected chi connectivity index (χ1v) is 15.3. The van der Waals surface area contributed by atoms with E-state index in [1.807, 2.05) is 49.5 Å². The summed E-state index contributed by atoms with van der Waals surface area (Å²) in [5.74, 6) is 0.751. The molecule has 1 atom stereocenters. The van der Waals surface area contributed by atoms with Crippen LogP contribution in [0.25, 0.3) is 0 Å². The molecule has 0 spiro atoms. The number of rotatable bonds is 15. The molecule has 2 N–H and O–H groups in total. The van der Waals surface area contributed by atoms with Crippen LogP contribution in [0.3, 0.4) is 0 Å². The number of likely N-dealkylation sites (N-methyl/N-ethyl adjacent to an activating group) is 1. The highest BCUT2D eigenvalue weighted by molar-refractivity contribution is 5.78. The van der Waals surface area contributed by atoms with Gasteiger partial charge in [-0.3, -0.25) is 15.3 Å². The third kappa shape index (κ3) is 10.7. The van der Waals surface area contributed by atoms with Crippen LogP contribution >= 0.6 is 0 Å². The van der Waals surface area contributed by atoms with E-state index < -0.39 is 0 Å². The second kappa shape index (κ2) is 17.2. The van der Waals surface area contributed by atoms with Crippen LogP contribution in [0.15, 0.2) is 72.9 Å². The number of hydrogen-bond acceptors (Lipinski definition) is 6. The summed E-state index contributed by atoms with van der Waals surface area (Å²) in [4.78, 5) is 10.6. The summed E-state index contributed by atoms with van der Waals surface area (Å²) in [6.07, 6.45) is 9.23. The predicted molar refractivity (Wildman–Crippen MR) is 168 cm³/mol. The van der Waals surface area contributed by atoms with Crippen LogP contribution in [0.1, 0.15) is 54.8 Å². The molecule has 1 unspecified atom stereocenters. The molecule has 43 heavy (non-hydrogen) atoms. The smallest absolute Gasteiger partial charge is 0.204 e. The van der Waals surface area contributed by atoms with Crippen LogP contribution in [0, 0.1) is 22.7 Å². The minimum Gasteiger partial charge on any atom is -0.494 e. The molecule has 0 amide bonds. The Labute approximate surface area is 255 Å². The molecule has 0 aliphatic carbocycles. The zero-order chi connectivity index (χ0) is 30.3. The summed E-state index contributed by atoms with van der Waals surface area (Å²) in [7, 11) is 2.03. The third-order valence-corrected chi connectivity index (χ3v) is 7.84. The van der Waals surface area contributed by atoms with Gasteiger partial charge in [-0.15, -0.1) is 0 Å². The Bertz CT molecular complexity index is 1290. The van der Waals surface area contributed by atoms with Gasteiger partial charge in [0.25, 0.3) is 0 Å². The van der Waals surface area contributed by atoms with E-state index in [1.54, 1.807) is 6.20 Å². The van der Waals surface area contributed by atoms with Crippen molar-refractivity contribution >= 4 is 5.96 Å². The van der Waals surface area contributed by atoms with Crippen molar-refractivity contribution in [3.8, 4) is 11.9 Å². The van der Waals surface area contributed by atoms with Gasteiger partial charge in [-0.2, -0.15) is 5.26 Å². The Morgan fingerprint density at radius 3 is 2.63 bits per heavy atom. The number of nitrogens with zero attached hydrogens (tertiary/aromatic N) is 5. The summed E-state index contributed by atoms with van der Waals surface area (Å²) < 4.78 is 19.5. The van der Waals surface area contributed by atoms with Gasteiger partial charge in [0.1, 0.15) is 11.6 Å². The lowest BCUT2D eigenvalue weighted by Gasteiger charge is -2.26. The number of ether oxygens (including phenoxy) is 1. The van der Waals surface area contributed by atoms with Gasteiger partial charge in [0.05, 0.1) is 6.61 Å². The van der Waals surface area contributed by atoms with Crippen molar-refractivity contribution in [2.45, 2.75) is 44.6 Å². The molecule has 0 radical (unpaired) electrons. The Morgan fingerprint density at radius 2 is 1.88 bits per heavy atom. The number of hydrogen-bond donors (Lipinski definition) is 2. The highest BCUT2D eigenvalue weighted by Crippen LogP contribution is 2.27. The van der Waals surface area contributed by atoms with Crippen LogP contribution in [-0.2, 0) is 6.54 Å². The van der Waals surface area contributed by atoms with E-state index in [1.165, 1.54) is 41.9 Å². The molecule has 1 fully saturated rings. The van der Waals surface area contributed by atoms with Gasteiger partial charge >= 0.3 is 0 Å². The molecule has 2 aromatic carbocycles. The number of halogens is 1. The minimum absolute atomic E-state index is 0.0592. The summed E-state index contributed by atoms with van der Waals surface area (Å²) in [5.41, 5.74) is 3.25. The average molecular weight is 586 g/mol. The maximum Gasteiger partial charge on any atom is 0.204 e. The lowest BCUT2D eigenvalue weighted by molar-refractivity contribution is 0.220. The first-order chi connectivity index (χ1) is 21.0. The van der Waals surface area contributed by atoms with Gasteiger partial charge in [-0.05, 0) is 93.5 Å². The number of benzene rings is 2. The van der Waals surface area contributed by atoms with Crippen molar-refractivity contribution in [2.75, 3.05) is 52.9 Å². The van der Waals surface area contributed by atoms with Crippen LogP contribution in [0.4, 0.5) is 4.39 Å². The minimum atomic E-state index is -0.249. The summed E-state index contributed by atoms with van der Waals surface area (Å²) in [6.45, 7) is 6.21. The highest BCUT2D eigenvalue weighted by Gasteiger charge is 2.17. The van der Waals surface area contributed by atoms with Gasteiger partial charge in [0, 0.05) is 50.4 Å². The van der Waals surface area contributed by atoms with Gasteiger partial charge < -0.3 is 15.0 Å². The Hall–Kier alpha value is -4.00. The molecule has 1 aromatic heterocycles. The third-order valence-electron chi connectivity index (χ3n) is 7.84. The Morgan fingerprint density at radius 1 is 1.07 bits per heavy atom. The fourth-order valence-corrected chi connectivity index (χ4v) is 5.42. The van der Waals surface area contributed by atoms with Crippen molar-refractivity contribution in [1.29, 1.82) is 10.7 Å². The molecule has 2 heterocycles. The molecule has 4 rings (SSSR count). The first-order valence-electron chi connectivity index (χ1n) is 15.3. The number of likely N-dealkylation sites (tertiary alicyclic amines) is 1. The zero-order valence-electron chi connectivity index (χ0n) is 25.2. The molecule has 0 bridgehead atoms. The highest BCUT2D eigenvalue weighted by atomic mass is 19.1. The van der Waals surface area contributed by atoms with Crippen LogP contribution in [0.2, 0.25) is 0 Å². The molecule has 1 saturated heterocycles. The number of nitrogens with one attached hydrogen (secondary N) is 2. The average Bonchev–Trinajstić information content (AvgIpc) is 3.03. The van der Waals surface area contributed by atoms with Crippen molar-refractivity contribution in [1.82, 2.24) is 25.0 Å². The number of nitriles is 1. The van der Waals surface area contributed by atoms with Gasteiger partial charge in [0.2, 0.25) is 5.96 Å². The van der Waals surface area contributed by atoms with E-state index >= 15 is 0 Å². The SMILES string of the molecule is CN(CCNC(=N)N(C#N)CCCOc1cccc(CN2CCCCC2)c1)CCC(c1ccc(F)cc1)c1ccccn1. The Balaban J connectivity index is 1.15. The van der Waals surface area contributed by atoms with E-state index in [0.717, 1.165) is 49.6 Å². The van der Waals surface area contributed by atoms with E-state index in [-0.39, 0.29) is 17.7 Å². The molecule has 1 aliphatic rings. The molecule has 0 saturated carbocycles. The maximum absolute atomic E-state index is 13.5. The Kier molecular flexibility index (Phi) is 12.8. The summed E-state index contributed by atoms with van der Waals surface area (Å²) in [5, 5.41) is 21.0. The molecule has 228 valence electrons. The van der Waals surface area contributed by atoms with Gasteiger partial charge in [-0.25, -0.2) is 9.29 Å². The van der Waals surface area contributed by atoms with Crippen LogP contribution in [-0.4, -0.2) is 78.6 Å². The normalized spacial score (nSPS) is 14.2. The van der Waals surface area contributed by atoms with Crippen molar-refractivity contribution in [3.63, 3.8) is 0 Å². The molecular weight excluding hydrogens is 541 g/mol. The molecule has 8 nitrogen and oxygen atoms in total.